The van der Waals surface area contributed by atoms with Crippen LogP contribution < -0.4 is 10.6 Å². The summed E-state index contributed by atoms with van der Waals surface area (Å²) < 4.78 is 5.77. The number of morpholine rings is 1. The molecule has 1 atom stereocenters. The summed E-state index contributed by atoms with van der Waals surface area (Å²) in [6.07, 6.45) is 1.45. The number of anilines is 1. The second-order valence-corrected chi connectivity index (χ2v) is 5.45. The van der Waals surface area contributed by atoms with Crippen LogP contribution in [0.25, 0.3) is 0 Å². The molecule has 0 aromatic carbocycles. The largest absolute Gasteiger partial charge is 0.409 e. The molecule has 0 spiro atoms. The van der Waals surface area contributed by atoms with Crippen molar-refractivity contribution < 1.29 is 15.1 Å². The number of aliphatic hydroxyl groups is 1. The van der Waals surface area contributed by atoms with Crippen LogP contribution in [0.4, 0.5) is 5.69 Å². The molecule has 1 aliphatic heterocycles. The summed E-state index contributed by atoms with van der Waals surface area (Å²) in [7, 11) is 0. The molecule has 1 saturated heterocycles. The predicted molar refractivity (Wildman–Crippen MR) is 75.0 cm³/mol. The topological polar surface area (TPSA) is 104 Å². The van der Waals surface area contributed by atoms with Gasteiger partial charge in [-0.15, -0.1) is 0 Å². The summed E-state index contributed by atoms with van der Waals surface area (Å²) in [5, 5.41) is 20.8. The Morgan fingerprint density at radius 1 is 1.60 bits per heavy atom. The van der Waals surface area contributed by atoms with Gasteiger partial charge >= 0.3 is 0 Å². The van der Waals surface area contributed by atoms with E-state index in [1.54, 1.807) is 12.3 Å². The number of nitrogens with zero attached hydrogens (tertiary/aromatic N) is 3. The molecule has 1 aromatic heterocycles. The fourth-order valence-electron chi connectivity index (χ4n) is 2.36. The molecule has 0 saturated carbocycles. The van der Waals surface area contributed by atoms with Gasteiger partial charge in [0.05, 0.1) is 30.2 Å². The van der Waals surface area contributed by atoms with Crippen molar-refractivity contribution in [3.05, 3.63) is 24.0 Å². The molecule has 1 aliphatic rings. The van der Waals surface area contributed by atoms with Crippen molar-refractivity contribution in [2.75, 3.05) is 24.6 Å². The first kappa shape index (κ1) is 14.5. The number of rotatable bonds is 3. The molecule has 2 rings (SSSR count). The Labute approximate surface area is 117 Å². The summed E-state index contributed by atoms with van der Waals surface area (Å²) >= 11 is 0. The Bertz CT molecular complexity index is 487. The number of aromatic nitrogens is 1. The van der Waals surface area contributed by atoms with Gasteiger partial charge < -0.3 is 25.7 Å². The number of hydrogen-bond acceptors (Lipinski definition) is 6. The highest BCUT2D eigenvalue weighted by Gasteiger charge is 2.33. The van der Waals surface area contributed by atoms with E-state index in [0.717, 1.165) is 5.69 Å². The standard InChI is InChI=1S/C13H20N4O3/c1-13(2)8-17(6-10(7-18)20-13)9-3-4-11(15-5-9)12(14)16-19/h3-5,10,18-19H,6-8H2,1-2H3,(H2,14,16). The molecule has 1 aromatic rings. The molecule has 1 unspecified atom stereocenters. The Kier molecular flexibility index (Phi) is 4.10. The lowest BCUT2D eigenvalue weighted by atomic mass is 10.0. The lowest BCUT2D eigenvalue weighted by molar-refractivity contribution is -0.101. The van der Waals surface area contributed by atoms with Gasteiger partial charge in [-0.05, 0) is 26.0 Å². The third kappa shape index (κ3) is 3.17. The number of oxime groups is 1. The minimum Gasteiger partial charge on any atom is -0.409 e. The molecule has 110 valence electrons. The summed E-state index contributed by atoms with van der Waals surface area (Å²) in [5.74, 6) is -0.0212. The van der Waals surface area contributed by atoms with Crippen LogP contribution in [0.15, 0.2) is 23.5 Å². The first-order chi connectivity index (χ1) is 9.45. The number of amidine groups is 1. The minimum atomic E-state index is -0.337. The van der Waals surface area contributed by atoms with Gasteiger partial charge in [0.25, 0.3) is 0 Å². The monoisotopic (exact) mass is 280 g/mol. The average molecular weight is 280 g/mol. The van der Waals surface area contributed by atoms with Crippen LogP contribution in [0.3, 0.4) is 0 Å². The molecule has 4 N–H and O–H groups in total. The van der Waals surface area contributed by atoms with Gasteiger partial charge in [-0.2, -0.15) is 0 Å². The van der Waals surface area contributed by atoms with E-state index in [1.807, 2.05) is 19.9 Å². The summed E-state index contributed by atoms with van der Waals surface area (Å²) in [5.41, 5.74) is 6.47. The zero-order chi connectivity index (χ0) is 14.8. The minimum absolute atomic E-state index is 0.0183. The van der Waals surface area contributed by atoms with Gasteiger partial charge in [0.15, 0.2) is 5.84 Å². The Hall–Kier alpha value is -1.86. The van der Waals surface area contributed by atoms with E-state index >= 15 is 0 Å². The molecule has 0 aliphatic carbocycles. The Morgan fingerprint density at radius 3 is 2.90 bits per heavy atom. The molecule has 7 nitrogen and oxygen atoms in total. The van der Waals surface area contributed by atoms with Crippen LogP contribution >= 0.6 is 0 Å². The van der Waals surface area contributed by atoms with Gasteiger partial charge in [-0.3, -0.25) is 4.98 Å². The van der Waals surface area contributed by atoms with E-state index in [0.29, 0.717) is 18.8 Å². The maximum atomic E-state index is 9.31. The number of ether oxygens (including phenoxy) is 1. The fourth-order valence-corrected chi connectivity index (χ4v) is 2.36. The van der Waals surface area contributed by atoms with Gasteiger partial charge in [-0.1, -0.05) is 5.16 Å². The first-order valence-corrected chi connectivity index (χ1v) is 6.43. The van der Waals surface area contributed by atoms with E-state index in [1.165, 1.54) is 0 Å². The zero-order valence-electron chi connectivity index (χ0n) is 11.7. The SMILES string of the molecule is CC1(C)CN(c2ccc(/C(N)=N/O)nc2)CC(CO)O1. The third-order valence-corrected chi connectivity index (χ3v) is 3.17. The predicted octanol–water partition coefficient (Wildman–Crippen LogP) is 0.152. The van der Waals surface area contributed by atoms with Gasteiger partial charge in [0, 0.05) is 13.1 Å². The van der Waals surface area contributed by atoms with Crippen molar-refractivity contribution in [2.45, 2.75) is 25.6 Å². The van der Waals surface area contributed by atoms with Crippen LogP contribution in [-0.2, 0) is 4.74 Å². The molecule has 7 heteroatoms. The third-order valence-electron chi connectivity index (χ3n) is 3.17. The van der Waals surface area contributed by atoms with E-state index < -0.39 is 0 Å². The highest BCUT2D eigenvalue weighted by atomic mass is 16.5. The zero-order valence-corrected chi connectivity index (χ0v) is 11.7. The molecule has 0 amide bonds. The van der Waals surface area contributed by atoms with Crippen molar-refractivity contribution >= 4 is 11.5 Å². The van der Waals surface area contributed by atoms with Crippen molar-refractivity contribution in [3.8, 4) is 0 Å². The van der Waals surface area contributed by atoms with E-state index in [-0.39, 0.29) is 24.1 Å². The number of aliphatic hydroxyl groups excluding tert-OH is 1. The maximum absolute atomic E-state index is 9.31. The van der Waals surface area contributed by atoms with Crippen LogP contribution in [0.2, 0.25) is 0 Å². The maximum Gasteiger partial charge on any atom is 0.188 e. The average Bonchev–Trinajstić information content (AvgIpc) is 2.44. The van der Waals surface area contributed by atoms with Crippen molar-refractivity contribution in [3.63, 3.8) is 0 Å². The van der Waals surface area contributed by atoms with Gasteiger partial charge in [0.1, 0.15) is 5.69 Å². The van der Waals surface area contributed by atoms with E-state index in [4.69, 9.17) is 15.7 Å². The van der Waals surface area contributed by atoms with Crippen molar-refractivity contribution in [1.29, 1.82) is 0 Å². The smallest absolute Gasteiger partial charge is 0.188 e. The lowest BCUT2D eigenvalue weighted by Gasteiger charge is -2.43. The molecular formula is C13H20N4O3. The summed E-state index contributed by atoms with van der Waals surface area (Å²) in [6, 6.07) is 3.55. The van der Waals surface area contributed by atoms with Crippen molar-refractivity contribution in [1.82, 2.24) is 4.98 Å². The second-order valence-electron chi connectivity index (χ2n) is 5.45. The number of nitrogens with two attached hydrogens (primary N) is 1. The summed E-state index contributed by atoms with van der Waals surface area (Å²) in [6.45, 7) is 5.26. The first-order valence-electron chi connectivity index (χ1n) is 6.43. The van der Waals surface area contributed by atoms with Gasteiger partial charge in [0.2, 0.25) is 0 Å². The molecule has 0 radical (unpaired) electrons. The van der Waals surface area contributed by atoms with E-state index in [2.05, 4.69) is 15.0 Å². The molecular weight excluding hydrogens is 260 g/mol. The lowest BCUT2D eigenvalue weighted by Crippen LogP contribution is -2.54. The second kappa shape index (κ2) is 5.64. The number of pyridine rings is 1. The molecule has 20 heavy (non-hydrogen) atoms. The van der Waals surface area contributed by atoms with Crippen LogP contribution in [0.5, 0.6) is 0 Å². The summed E-state index contributed by atoms with van der Waals surface area (Å²) in [4.78, 5) is 6.27. The van der Waals surface area contributed by atoms with Gasteiger partial charge in [-0.25, -0.2) is 0 Å². The molecule has 2 heterocycles. The van der Waals surface area contributed by atoms with Crippen LogP contribution in [0.1, 0.15) is 19.5 Å². The fraction of sp³-hybridized carbons (Fsp3) is 0.538. The van der Waals surface area contributed by atoms with Crippen molar-refractivity contribution in [2.24, 2.45) is 10.9 Å². The Morgan fingerprint density at radius 2 is 2.35 bits per heavy atom. The molecule has 0 bridgehead atoms. The van der Waals surface area contributed by atoms with Crippen LogP contribution in [-0.4, -0.2) is 52.5 Å². The Balaban J connectivity index is 2.18. The quantitative estimate of drug-likeness (QED) is 0.315. The molecule has 1 fully saturated rings. The van der Waals surface area contributed by atoms with E-state index in [9.17, 15) is 5.11 Å². The van der Waals surface area contributed by atoms with Crippen LogP contribution in [0, 0.1) is 0 Å². The number of hydrogen-bond donors (Lipinski definition) is 3. The highest BCUT2D eigenvalue weighted by molar-refractivity contribution is 5.95. The highest BCUT2D eigenvalue weighted by Crippen LogP contribution is 2.25. The normalized spacial score (nSPS) is 22.9.